The van der Waals surface area contributed by atoms with Crippen LogP contribution < -0.4 is 4.90 Å². The second-order valence-electron chi connectivity index (χ2n) is 6.26. The summed E-state index contributed by atoms with van der Waals surface area (Å²) >= 11 is 0. The van der Waals surface area contributed by atoms with E-state index in [2.05, 4.69) is 31.0 Å². The molecule has 0 radical (unpaired) electrons. The highest BCUT2D eigenvalue weighted by Crippen LogP contribution is 2.24. The number of halogens is 1. The third-order valence-electron chi connectivity index (χ3n) is 4.61. The third-order valence-corrected chi connectivity index (χ3v) is 4.61. The summed E-state index contributed by atoms with van der Waals surface area (Å²) in [6.45, 7) is 4.70. The summed E-state index contributed by atoms with van der Waals surface area (Å²) in [7, 11) is 0. The van der Waals surface area contributed by atoms with Gasteiger partial charge in [0.25, 0.3) is 0 Å². The van der Waals surface area contributed by atoms with Gasteiger partial charge >= 0.3 is 0 Å². The summed E-state index contributed by atoms with van der Waals surface area (Å²) in [5.74, 6) is -0.233. The van der Waals surface area contributed by atoms with Gasteiger partial charge in [0.1, 0.15) is 5.82 Å². The summed E-state index contributed by atoms with van der Waals surface area (Å²) in [5, 5.41) is 7.17. The van der Waals surface area contributed by atoms with Crippen LogP contribution in [-0.2, 0) is 6.54 Å². The first-order chi connectivity index (χ1) is 12.3. The molecule has 1 N–H and O–H groups in total. The number of hydrogen-bond acceptors (Lipinski definition) is 4. The Bertz CT molecular complexity index is 825. The zero-order valence-corrected chi connectivity index (χ0v) is 13.9. The summed E-state index contributed by atoms with van der Waals surface area (Å²) in [4.78, 5) is 8.95. The molecule has 0 aliphatic carbocycles. The van der Waals surface area contributed by atoms with Crippen LogP contribution >= 0.6 is 0 Å². The van der Waals surface area contributed by atoms with Gasteiger partial charge in [0, 0.05) is 50.0 Å². The highest BCUT2D eigenvalue weighted by molar-refractivity contribution is 5.62. The lowest BCUT2D eigenvalue weighted by Crippen LogP contribution is -2.46. The van der Waals surface area contributed by atoms with Crippen LogP contribution in [0, 0.1) is 5.82 Å². The fraction of sp³-hybridized carbons (Fsp3) is 0.263. The molecule has 5 nitrogen and oxygen atoms in total. The number of pyridine rings is 1. The maximum absolute atomic E-state index is 13.5. The number of rotatable bonds is 4. The largest absolute Gasteiger partial charge is 0.368 e. The van der Waals surface area contributed by atoms with Crippen LogP contribution in [-0.4, -0.2) is 46.3 Å². The predicted octanol–water partition coefficient (Wildman–Crippen LogP) is 2.93. The molecule has 2 aromatic heterocycles. The Labute approximate surface area is 146 Å². The highest BCUT2D eigenvalue weighted by atomic mass is 19.1. The fourth-order valence-electron chi connectivity index (χ4n) is 3.27. The average Bonchev–Trinajstić information content (AvgIpc) is 3.11. The molecule has 0 saturated carbocycles. The number of aromatic nitrogens is 3. The predicted molar refractivity (Wildman–Crippen MR) is 95.7 cm³/mol. The van der Waals surface area contributed by atoms with Gasteiger partial charge in [-0.15, -0.1) is 0 Å². The molecular formula is C19H20FN5. The van der Waals surface area contributed by atoms with Gasteiger partial charge in [-0.2, -0.15) is 5.10 Å². The van der Waals surface area contributed by atoms with Crippen molar-refractivity contribution in [2.45, 2.75) is 6.54 Å². The zero-order valence-electron chi connectivity index (χ0n) is 13.9. The molecule has 3 heterocycles. The van der Waals surface area contributed by atoms with Crippen LogP contribution in [0.4, 0.5) is 10.1 Å². The number of piperazine rings is 1. The molecule has 1 aromatic carbocycles. The van der Waals surface area contributed by atoms with E-state index < -0.39 is 0 Å². The summed E-state index contributed by atoms with van der Waals surface area (Å²) in [5.41, 5.74) is 4.00. The fourth-order valence-corrected chi connectivity index (χ4v) is 3.27. The zero-order chi connectivity index (χ0) is 17.1. The quantitative estimate of drug-likeness (QED) is 0.795. The Balaban J connectivity index is 1.42. The molecule has 0 unspecified atom stereocenters. The first-order valence-electron chi connectivity index (χ1n) is 8.45. The molecule has 1 aliphatic rings. The molecule has 128 valence electrons. The van der Waals surface area contributed by atoms with Gasteiger partial charge in [0.05, 0.1) is 23.8 Å². The monoisotopic (exact) mass is 337 g/mol. The molecule has 6 heteroatoms. The second-order valence-corrected chi connectivity index (χ2v) is 6.26. The molecule has 1 fully saturated rings. The van der Waals surface area contributed by atoms with Gasteiger partial charge in [-0.05, 0) is 24.3 Å². The molecule has 25 heavy (non-hydrogen) atoms. The first-order valence-corrected chi connectivity index (χ1v) is 8.45. The molecule has 1 saturated heterocycles. The number of H-pyrrole nitrogens is 1. The first kappa shape index (κ1) is 15.8. The van der Waals surface area contributed by atoms with Gasteiger partial charge in [-0.1, -0.05) is 12.1 Å². The lowest BCUT2D eigenvalue weighted by molar-refractivity contribution is 0.250. The standard InChI is InChI=1S/C19H20FN5/c20-17-4-1-3-15(11-17)19-16(12-22-23-19)14-24-7-9-25(10-8-24)18-5-2-6-21-13-18/h1-6,11-13H,7-10,14H2,(H,22,23). The van der Waals surface area contributed by atoms with Crippen LogP contribution in [0.1, 0.15) is 5.56 Å². The lowest BCUT2D eigenvalue weighted by atomic mass is 10.1. The Morgan fingerprint density at radius 3 is 2.68 bits per heavy atom. The second kappa shape index (κ2) is 7.03. The Morgan fingerprint density at radius 2 is 1.92 bits per heavy atom. The molecule has 4 rings (SSSR count). The van der Waals surface area contributed by atoms with Gasteiger partial charge < -0.3 is 4.90 Å². The van der Waals surface area contributed by atoms with Crippen molar-refractivity contribution in [3.05, 3.63) is 66.4 Å². The minimum atomic E-state index is -0.233. The minimum Gasteiger partial charge on any atom is -0.368 e. The smallest absolute Gasteiger partial charge is 0.123 e. The van der Waals surface area contributed by atoms with E-state index in [9.17, 15) is 4.39 Å². The number of hydrogen-bond donors (Lipinski definition) is 1. The Kier molecular flexibility index (Phi) is 4.43. The highest BCUT2D eigenvalue weighted by Gasteiger charge is 2.19. The van der Waals surface area contributed by atoms with Gasteiger partial charge in [-0.3, -0.25) is 15.0 Å². The molecule has 0 bridgehead atoms. The van der Waals surface area contributed by atoms with Crippen molar-refractivity contribution in [3.63, 3.8) is 0 Å². The van der Waals surface area contributed by atoms with E-state index in [4.69, 9.17) is 0 Å². The van der Waals surface area contributed by atoms with Gasteiger partial charge in [0.15, 0.2) is 0 Å². The van der Waals surface area contributed by atoms with Crippen LogP contribution in [0.15, 0.2) is 55.0 Å². The summed E-state index contributed by atoms with van der Waals surface area (Å²) in [6, 6.07) is 10.7. The number of benzene rings is 1. The van der Waals surface area contributed by atoms with Crippen molar-refractivity contribution >= 4 is 5.69 Å². The molecule has 1 aliphatic heterocycles. The van der Waals surface area contributed by atoms with Crippen LogP contribution in [0.2, 0.25) is 0 Å². The summed E-state index contributed by atoms with van der Waals surface area (Å²) < 4.78 is 13.5. The number of anilines is 1. The van der Waals surface area contributed by atoms with Crippen LogP contribution in [0.5, 0.6) is 0 Å². The van der Waals surface area contributed by atoms with Crippen LogP contribution in [0.25, 0.3) is 11.3 Å². The lowest BCUT2D eigenvalue weighted by Gasteiger charge is -2.35. The summed E-state index contributed by atoms with van der Waals surface area (Å²) in [6.07, 6.45) is 5.55. The molecule has 0 amide bonds. The number of nitrogens with one attached hydrogen (secondary N) is 1. The molecule has 0 spiro atoms. The number of nitrogens with zero attached hydrogens (tertiary/aromatic N) is 4. The van der Waals surface area contributed by atoms with E-state index in [0.717, 1.165) is 49.5 Å². The van der Waals surface area contributed by atoms with Crippen molar-refractivity contribution in [2.24, 2.45) is 0 Å². The van der Waals surface area contributed by atoms with E-state index in [-0.39, 0.29) is 5.82 Å². The van der Waals surface area contributed by atoms with Crippen molar-refractivity contribution in [3.8, 4) is 11.3 Å². The van der Waals surface area contributed by atoms with E-state index in [1.807, 2.05) is 24.5 Å². The molecular weight excluding hydrogens is 317 g/mol. The number of aromatic amines is 1. The van der Waals surface area contributed by atoms with Crippen molar-refractivity contribution in [1.82, 2.24) is 20.1 Å². The van der Waals surface area contributed by atoms with E-state index in [1.165, 1.54) is 17.8 Å². The average molecular weight is 337 g/mol. The van der Waals surface area contributed by atoms with Gasteiger partial charge in [0.2, 0.25) is 0 Å². The van der Waals surface area contributed by atoms with Gasteiger partial charge in [-0.25, -0.2) is 4.39 Å². The minimum absolute atomic E-state index is 0.233. The Morgan fingerprint density at radius 1 is 1.04 bits per heavy atom. The maximum atomic E-state index is 13.5. The Hall–Kier alpha value is -2.73. The molecule has 3 aromatic rings. The van der Waals surface area contributed by atoms with Crippen molar-refractivity contribution in [2.75, 3.05) is 31.1 Å². The van der Waals surface area contributed by atoms with E-state index >= 15 is 0 Å². The van der Waals surface area contributed by atoms with E-state index in [1.54, 1.807) is 12.3 Å². The molecule has 0 atom stereocenters. The van der Waals surface area contributed by atoms with Crippen molar-refractivity contribution in [1.29, 1.82) is 0 Å². The SMILES string of the molecule is Fc1cccc(-c2[nH]ncc2CN2CCN(c3cccnc3)CC2)c1. The topological polar surface area (TPSA) is 48.1 Å². The third kappa shape index (κ3) is 3.53. The maximum Gasteiger partial charge on any atom is 0.123 e. The van der Waals surface area contributed by atoms with Crippen molar-refractivity contribution < 1.29 is 4.39 Å². The normalized spacial score (nSPS) is 15.5. The van der Waals surface area contributed by atoms with Crippen LogP contribution in [0.3, 0.4) is 0 Å². The van der Waals surface area contributed by atoms with E-state index in [0.29, 0.717) is 0 Å².